The second-order valence-electron chi connectivity index (χ2n) is 8.28. The van der Waals surface area contributed by atoms with Crippen LogP contribution in [0.3, 0.4) is 0 Å². The monoisotopic (exact) mass is 417 g/mol. The van der Waals surface area contributed by atoms with Crippen molar-refractivity contribution < 1.29 is 14.3 Å². The first-order chi connectivity index (χ1) is 13.8. The van der Waals surface area contributed by atoms with Crippen molar-refractivity contribution in [1.29, 1.82) is 0 Å². The van der Waals surface area contributed by atoms with Crippen LogP contribution >= 0.6 is 11.6 Å². The van der Waals surface area contributed by atoms with Gasteiger partial charge < -0.3 is 19.5 Å². The number of hydrogen-bond donors (Lipinski definition) is 1. The van der Waals surface area contributed by atoms with E-state index in [0.29, 0.717) is 24.3 Å². The van der Waals surface area contributed by atoms with Crippen LogP contribution in [0.2, 0.25) is 5.02 Å². The fourth-order valence-electron chi connectivity index (χ4n) is 4.56. The van der Waals surface area contributed by atoms with Crippen molar-refractivity contribution in [3.05, 3.63) is 50.0 Å². The Labute approximate surface area is 171 Å². The summed E-state index contributed by atoms with van der Waals surface area (Å²) in [6, 6.07) is 1.25. The average molecular weight is 418 g/mol. The molecule has 0 atom stereocenters. The molecule has 2 aliphatic heterocycles. The fourth-order valence-corrected chi connectivity index (χ4v) is 4.97. The van der Waals surface area contributed by atoms with Crippen molar-refractivity contribution >= 4 is 34.2 Å². The van der Waals surface area contributed by atoms with Gasteiger partial charge in [-0.1, -0.05) is 11.6 Å². The van der Waals surface area contributed by atoms with Crippen molar-refractivity contribution in [3.63, 3.8) is 0 Å². The third kappa shape index (κ3) is 2.95. The maximum atomic E-state index is 15.2. The van der Waals surface area contributed by atoms with Gasteiger partial charge in [-0.3, -0.25) is 4.79 Å². The van der Waals surface area contributed by atoms with Crippen LogP contribution in [0, 0.1) is 5.82 Å². The van der Waals surface area contributed by atoms with E-state index < -0.39 is 17.2 Å². The number of aromatic carboxylic acids is 1. The third-order valence-electron chi connectivity index (χ3n) is 6.19. The summed E-state index contributed by atoms with van der Waals surface area (Å²) in [4.78, 5) is 28.4. The Morgan fingerprint density at radius 2 is 1.97 bits per heavy atom. The number of pyridine rings is 1. The molecule has 0 spiro atoms. The van der Waals surface area contributed by atoms with Crippen molar-refractivity contribution in [1.82, 2.24) is 9.47 Å². The van der Waals surface area contributed by atoms with E-state index in [9.17, 15) is 14.7 Å². The number of carboxylic acids is 1. The van der Waals surface area contributed by atoms with Crippen molar-refractivity contribution in [2.45, 2.75) is 25.3 Å². The zero-order chi connectivity index (χ0) is 20.4. The second-order valence-corrected chi connectivity index (χ2v) is 8.66. The number of rotatable bonds is 3. The highest BCUT2D eigenvalue weighted by molar-refractivity contribution is 6.38. The summed E-state index contributed by atoms with van der Waals surface area (Å²) < 4.78 is 16.9. The summed E-state index contributed by atoms with van der Waals surface area (Å²) in [6.07, 6.45) is 4.09. The molecule has 2 aromatic rings. The lowest BCUT2D eigenvalue weighted by Gasteiger charge is -2.24. The van der Waals surface area contributed by atoms with E-state index >= 15 is 4.39 Å². The molecule has 5 rings (SSSR count). The highest BCUT2D eigenvalue weighted by atomic mass is 35.5. The number of halogens is 2. The minimum Gasteiger partial charge on any atom is -0.477 e. The number of likely N-dealkylation sites (N-methyl/N-ethyl adjacent to an activating group) is 1. The molecular weight excluding hydrogens is 397 g/mol. The molecule has 6 nitrogen and oxygen atoms in total. The summed E-state index contributed by atoms with van der Waals surface area (Å²) in [5, 5.41) is 9.62. The predicted molar refractivity (Wildman–Crippen MR) is 110 cm³/mol. The number of benzene rings is 1. The minimum atomic E-state index is -1.31. The molecule has 0 radical (unpaired) electrons. The average Bonchev–Trinajstić information content (AvgIpc) is 3.42. The Morgan fingerprint density at radius 3 is 2.66 bits per heavy atom. The summed E-state index contributed by atoms with van der Waals surface area (Å²) in [5.41, 5.74) is 2.32. The van der Waals surface area contributed by atoms with Crippen LogP contribution in [0.15, 0.2) is 28.2 Å². The lowest BCUT2D eigenvalue weighted by molar-refractivity contribution is 0.0695. The lowest BCUT2D eigenvalue weighted by Crippen LogP contribution is -2.28. The van der Waals surface area contributed by atoms with E-state index in [-0.39, 0.29) is 22.0 Å². The van der Waals surface area contributed by atoms with Gasteiger partial charge in [-0.15, -0.1) is 0 Å². The molecule has 29 heavy (non-hydrogen) atoms. The van der Waals surface area contributed by atoms with Crippen molar-refractivity contribution in [3.8, 4) is 0 Å². The topological polar surface area (TPSA) is 65.8 Å². The van der Waals surface area contributed by atoms with Gasteiger partial charge in [0.15, 0.2) is 0 Å². The number of nitrogens with zero attached hydrogens (tertiary/aromatic N) is 3. The highest BCUT2D eigenvalue weighted by Crippen LogP contribution is 2.43. The third-order valence-corrected chi connectivity index (χ3v) is 6.55. The van der Waals surface area contributed by atoms with E-state index in [2.05, 4.69) is 11.9 Å². The molecule has 0 unspecified atom stereocenters. The number of carbonyl (C=O) groups is 1. The van der Waals surface area contributed by atoms with Gasteiger partial charge in [0, 0.05) is 38.4 Å². The molecule has 0 amide bonds. The molecule has 0 bridgehead atoms. The van der Waals surface area contributed by atoms with Gasteiger partial charge in [0.05, 0.1) is 21.6 Å². The van der Waals surface area contributed by atoms with Crippen LogP contribution in [0.4, 0.5) is 10.1 Å². The Kier molecular flexibility index (Phi) is 4.22. The molecule has 1 aromatic carbocycles. The standard InChI is InChI=1S/C21H21ClFN3O3/c1-24-5-4-11-8-25(9-12(11)7-24)19-16(23)6-14-18(17(19)22)26(13-2-3-13)10-15(20(14)27)21(28)29/h6,10,13H,2-5,7-9H2,1H3,(H,28,29). The Balaban J connectivity index is 1.67. The SMILES string of the molecule is CN1CCC2=C(C1)CN(c1c(F)cc3c(=O)c(C(=O)O)cn(C4CC4)c3c1Cl)C2. The molecule has 8 heteroatoms. The molecule has 3 heterocycles. The number of hydrogen-bond acceptors (Lipinski definition) is 4. The first kappa shape index (κ1) is 18.6. The van der Waals surface area contributed by atoms with Crippen molar-refractivity contribution in [2.24, 2.45) is 0 Å². The molecule has 3 aliphatic rings. The van der Waals surface area contributed by atoms with Crippen molar-refractivity contribution in [2.75, 3.05) is 38.1 Å². The summed E-state index contributed by atoms with van der Waals surface area (Å²) in [5.74, 6) is -1.90. The van der Waals surface area contributed by atoms with E-state index in [4.69, 9.17) is 11.6 Å². The van der Waals surface area contributed by atoms with Crippen LogP contribution in [0.5, 0.6) is 0 Å². The van der Waals surface area contributed by atoms with E-state index in [1.165, 1.54) is 17.3 Å². The first-order valence-electron chi connectivity index (χ1n) is 9.78. The smallest absolute Gasteiger partial charge is 0.341 e. The number of anilines is 1. The second kappa shape index (κ2) is 6.57. The Hall–Kier alpha value is -2.38. The van der Waals surface area contributed by atoms with Gasteiger partial charge in [0.25, 0.3) is 0 Å². The normalized spacial score (nSPS) is 19.9. The molecule has 1 saturated carbocycles. The maximum Gasteiger partial charge on any atom is 0.341 e. The van der Waals surface area contributed by atoms with Gasteiger partial charge in [-0.25, -0.2) is 9.18 Å². The quantitative estimate of drug-likeness (QED) is 0.776. The predicted octanol–water partition coefficient (Wildman–Crippen LogP) is 3.28. The van der Waals surface area contributed by atoms with Gasteiger partial charge >= 0.3 is 5.97 Å². The van der Waals surface area contributed by atoms with Crippen LogP contribution in [0.1, 0.15) is 35.7 Å². The summed E-state index contributed by atoms with van der Waals surface area (Å²) in [6.45, 7) is 3.10. The fraction of sp³-hybridized carbons (Fsp3) is 0.429. The zero-order valence-corrected chi connectivity index (χ0v) is 16.8. The van der Waals surface area contributed by atoms with E-state index in [0.717, 1.165) is 38.4 Å². The van der Waals surface area contributed by atoms with Crippen LogP contribution in [-0.4, -0.2) is 53.8 Å². The van der Waals surface area contributed by atoms with Crippen LogP contribution in [-0.2, 0) is 0 Å². The maximum absolute atomic E-state index is 15.2. The van der Waals surface area contributed by atoms with E-state index in [1.54, 1.807) is 4.57 Å². The highest BCUT2D eigenvalue weighted by Gasteiger charge is 2.33. The minimum absolute atomic E-state index is 0.0275. The molecule has 0 saturated heterocycles. The molecule has 1 N–H and O–H groups in total. The van der Waals surface area contributed by atoms with Crippen LogP contribution < -0.4 is 10.3 Å². The summed E-state index contributed by atoms with van der Waals surface area (Å²) in [7, 11) is 2.07. The Morgan fingerprint density at radius 1 is 1.24 bits per heavy atom. The number of carboxylic acid groups (broad SMARTS) is 1. The molecule has 1 aromatic heterocycles. The lowest BCUT2D eigenvalue weighted by atomic mass is 10.0. The summed E-state index contributed by atoms with van der Waals surface area (Å²) >= 11 is 6.72. The van der Waals surface area contributed by atoms with Gasteiger partial charge in [-0.2, -0.15) is 0 Å². The van der Waals surface area contributed by atoms with Gasteiger partial charge in [0.2, 0.25) is 5.43 Å². The largest absolute Gasteiger partial charge is 0.477 e. The molecular formula is C21H21ClFN3O3. The Bertz CT molecular complexity index is 1150. The molecule has 152 valence electrons. The zero-order valence-electron chi connectivity index (χ0n) is 16.0. The molecule has 1 fully saturated rings. The van der Waals surface area contributed by atoms with Gasteiger partial charge in [-0.05, 0) is 43.5 Å². The molecule has 1 aliphatic carbocycles. The first-order valence-corrected chi connectivity index (χ1v) is 10.2. The number of fused-ring (bicyclic) bond motifs is 1. The van der Waals surface area contributed by atoms with Crippen LogP contribution in [0.25, 0.3) is 10.9 Å². The van der Waals surface area contributed by atoms with Gasteiger partial charge in [0.1, 0.15) is 11.4 Å². The van der Waals surface area contributed by atoms with E-state index in [1.807, 2.05) is 4.90 Å². The number of aromatic nitrogens is 1.